The summed E-state index contributed by atoms with van der Waals surface area (Å²) in [4.78, 5) is 10.1. The van der Waals surface area contributed by atoms with Crippen LogP contribution in [0.5, 0.6) is 0 Å². The molecule has 8 heteroatoms. The molecule has 0 saturated heterocycles. The summed E-state index contributed by atoms with van der Waals surface area (Å²) in [6.07, 6.45) is 0. The zero-order chi connectivity index (χ0) is 12.3. The molecule has 0 aliphatic heterocycles. The highest BCUT2D eigenvalue weighted by molar-refractivity contribution is 7.89. The second kappa shape index (κ2) is 4.37. The first-order valence-electron chi connectivity index (χ1n) is 4.19. The Labute approximate surface area is 92.1 Å². The summed E-state index contributed by atoms with van der Waals surface area (Å²) in [5, 5.41) is 15.9. The predicted molar refractivity (Wildman–Crippen MR) is 58.4 cm³/mol. The van der Waals surface area contributed by atoms with Gasteiger partial charge in [0.25, 0.3) is 0 Å². The monoisotopic (exact) mass is 245 g/mol. The maximum atomic E-state index is 11.1. The van der Waals surface area contributed by atoms with Crippen LogP contribution in [0.25, 0.3) is 0 Å². The third kappa shape index (κ3) is 2.84. The summed E-state index contributed by atoms with van der Waals surface area (Å²) in [6, 6.07) is 4.13. The minimum Gasteiger partial charge on any atom is -0.480 e. The second-order valence-corrected chi connectivity index (χ2v) is 4.54. The topological polar surface area (TPSA) is 136 Å². The number of carboxylic acids is 1. The number of carbonyl (C=O) groups is 1. The fourth-order valence-corrected chi connectivity index (χ4v) is 1.80. The molecule has 0 aliphatic rings. The molecule has 0 unspecified atom stereocenters. The van der Waals surface area contributed by atoms with Crippen LogP contribution in [0.15, 0.2) is 23.1 Å². The lowest BCUT2D eigenvalue weighted by atomic mass is 10.2. The van der Waals surface area contributed by atoms with E-state index in [1.54, 1.807) is 0 Å². The number of nitrogen functional groups attached to an aromatic ring is 1. The van der Waals surface area contributed by atoms with E-state index in [1.807, 2.05) is 0 Å². The molecule has 88 valence electrons. The van der Waals surface area contributed by atoms with Crippen LogP contribution in [0, 0.1) is 0 Å². The number of nitrogens with one attached hydrogen (secondary N) is 1. The molecule has 0 aliphatic carbocycles. The Kier molecular flexibility index (Phi) is 3.35. The van der Waals surface area contributed by atoms with E-state index in [9.17, 15) is 13.2 Å². The summed E-state index contributed by atoms with van der Waals surface area (Å²) in [6.45, 7) is -0.363. The smallest absolute Gasteiger partial charge is 0.322 e. The van der Waals surface area contributed by atoms with E-state index in [0.717, 1.165) is 0 Å². The molecule has 0 aromatic heterocycles. The van der Waals surface area contributed by atoms with Crippen LogP contribution < -0.4 is 16.2 Å². The lowest BCUT2D eigenvalue weighted by molar-refractivity contribution is -0.134. The van der Waals surface area contributed by atoms with Gasteiger partial charge < -0.3 is 16.2 Å². The number of primary sulfonamides is 1. The van der Waals surface area contributed by atoms with Gasteiger partial charge >= 0.3 is 5.97 Å². The van der Waals surface area contributed by atoms with Gasteiger partial charge in [-0.1, -0.05) is 6.07 Å². The number of benzene rings is 1. The van der Waals surface area contributed by atoms with E-state index in [0.29, 0.717) is 0 Å². The molecule has 0 amide bonds. The predicted octanol–water partition coefficient (Wildman–Crippen LogP) is -0.587. The van der Waals surface area contributed by atoms with Crippen LogP contribution in [0.3, 0.4) is 0 Å². The van der Waals surface area contributed by atoms with Gasteiger partial charge in [-0.15, -0.1) is 0 Å². The quantitative estimate of drug-likeness (QED) is 0.523. The summed E-state index contributed by atoms with van der Waals surface area (Å²) >= 11 is 0. The van der Waals surface area contributed by atoms with Gasteiger partial charge in [0, 0.05) is 0 Å². The van der Waals surface area contributed by atoms with Crippen LogP contribution in [0.4, 0.5) is 11.4 Å². The third-order valence-electron chi connectivity index (χ3n) is 1.80. The maximum absolute atomic E-state index is 11.1. The Hall–Kier alpha value is -1.80. The molecule has 0 heterocycles. The average Bonchev–Trinajstić information content (AvgIpc) is 2.14. The summed E-state index contributed by atoms with van der Waals surface area (Å²) in [5.41, 5.74) is 5.67. The van der Waals surface area contributed by atoms with Crippen molar-refractivity contribution in [1.29, 1.82) is 0 Å². The number of hydrogen-bond acceptors (Lipinski definition) is 5. The van der Waals surface area contributed by atoms with Crippen molar-refractivity contribution in [2.45, 2.75) is 4.90 Å². The number of rotatable bonds is 4. The van der Waals surface area contributed by atoms with Crippen LogP contribution in [-0.2, 0) is 14.8 Å². The Morgan fingerprint density at radius 3 is 2.56 bits per heavy atom. The number of anilines is 2. The number of sulfonamides is 1. The van der Waals surface area contributed by atoms with E-state index < -0.39 is 16.0 Å². The second-order valence-electron chi connectivity index (χ2n) is 3.01. The molecule has 0 fully saturated rings. The Morgan fingerprint density at radius 1 is 1.44 bits per heavy atom. The van der Waals surface area contributed by atoms with Gasteiger partial charge in [-0.2, -0.15) is 0 Å². The molecule has 0 radical (unpaired) electrons. The molecule has 16 heavy (non-hydrogen) atoms. The third-order valence-corrected chi connectivity index (χ3v) is 2.77. The largest absolute Gasteiger partial charge is 0.480 e. The highest BCUT2D eigenvalue weighted by Gasteiger charge is 2.14. The summed E-state index contributed by atoms with van der Waals surface area (Å²) < 4.78 is 22.2. The zero-order valence-corrected chi connectivity index (χ0v) is 8.99. The molecule has 0 saturated carbocycles. The molecule has 0 spiro atoms. The first kappa shape index (κ1) is 12.3. The minimum atomic E-state index is -3.91. The molecular weight excluding hydrogens is 234 g/mol. The van der Waals surface area contributed by atoms with Crippen molar-refractivity contribution in [1.82, 2.24) is 0 Å². The lowest BCUT2D eigenvalue weighted by Gasteiger charge is -2.10. The SMILES string of the molecule is Nc1c(NCC(=O)O)cccc1S(N)(=O)=O. The van der Waals surface area contributed by atoms with Crippen molar-refractivity contribution in [3.63, 3.8) is 0 Å². The lowest BCUT2D eigenvalue weighted by Crippen LogP contribution is -2.17. The number of hydrogen-bond donors (Lipinski definition) is 4. The van der Waals surface area contributed by atoms with E-state index in [2.05, 4.69) is 5.32 Å². The molecule has 7 nitrogen and oxygen atoms in total. The van der Waals surface area contributed by atoms with Gasteiger partial charge in [0.1, 0.15) is 11.4 Å². The molecular formula is C8H11N3O4S. The molecule has 6 N–H and O–H groups in total. The first-order valence-corrected chi connectivity index (χ1v) is 5.74. The van der Waals surface area contributed by atoms with Crippen LogP contribution in [0.1, 0.15) is 0 Å². The van der Waals surface area contributed by atoms with Crippen LogP contribution in [-0.4, -0.2) is 26.0 Å². The number of para-hydroxylation sites is 1. The van der Waals surface area contributed by atoms with E-state index in [4.69, 9.17) is 16.0 Å². The van der Waals surface area contributed by atoms with Gasteiger partial charge in [0.05, 0.1) is 11.4 Å². The van der Waals surface area contributed by atoms with Gasteiger partial charge in [0.15, 0.2) is 0 Å². The Bertz CT molecular complexity index is 512. The van der Waals surface area contributed by atoms with E-state index >= 15 is 0 Å². The number of carboxylic acid groups (broad SMARTS) is 1. The fourth-order valence-electron chi connectivity index (χ4n) is 1.12. The molecule has 1 rings (SSSR count). The van der Waals surface area contributed by atoms with Crippen LogP contribution >= 0.6 is 0 Å². The van der Waals surface area contributed by atoms with Crippen molar-refractivity contribution in [2.75, 3.05) is 17.6 Å². The van der Waals surface area contributed by atoms with E-state index in [-0.39, 0.29) is 22.8 Å². The average molecular weight is 245 g/mol. The van der Waals surface area contributed by atoms with Crippen LogP contribution in [0.2, 0.25) is 0 Å². The first-order chi connectivity index (χ1) is 7.32. The molecule has 1 aromatic rings. The number of aliphatic carboxylic acids is 1. The maximum Gasteiger partial charge on any atom is 0.322 e. The zero-order valence-electron chi connectivity index (χ0n) is 8.17. The van der Waals surface area contributed by atoms with Crippen molar-refractivity contribution >= 4 is 27.4 Å². The summed E-state index contributed by atoms with van der Waals surface area (Å²) in [7, 11) is -3.91. The van der Waals surface area contributed by atoms with Crippen molar-refractivity contribution in [3.05, 3.63) is 18.2 Å². The van der Waals surface area contributed by atoms with Gasteiger partial charge in [-0.25, -0.2) is 13.6 Å². The van der Waals surface area contributed by atoms with E-state index in [1.165, 1.54) is 18.2 Å². The molecule has 0 atom stereocenters. The van der Waals surface area contributed by atoms with Crippen molar-refractivity contribution < 1.29 is 18.3 Å². The highest BCUT2D eigenvalue weighted by atomic mass is 32.2. The number of nitrogens with two attached hydrogens (primary N) is 2. The molecule has 1 aromatic carbocycles. The van der Waals surface area contributed by atoms with Gasteiger partial charge in [0.2, 0.25) is 10.0 Å². The summed E-state index contributed by atoms with van der Waals surface area (Å²) in [5.74, 6) is -1.08. The van der Waals surface area contributed by atoms with Crippen molar-refractivity contribution in [2.24, 2.45) is 5.14 Å². The fraction of sp³-hybridized carbons (Fsp3) is 0.125. The standard InChI is InChI=1S/C8H11N3O4S/c9-8-5(11-4-7(12)13)2-1-3-6(8)16(10,14)15/h1-3,11H,4,9H2,(H,12,13)(H2,10,14,15). The minimum absolute atomic E-state index is 0.0914. The Balaban J connectivity index is 3.10. The Morgan fingerprint density at radius 2 is 2.06 bits per heavy atom. The van der Waals surface area contributed by atoms with Gasteiger partial charge in [-0.3, -0.25) is 4.79 Å². The van der Waals surface area contributed by atoms with Crippen molar-refractivity contribution in [3.8, 4) is 0 Å². The molecule has 0 bridgehead atoms. The highest BCUT2D eigenvalue weighted by Crippen LogP contribution is 2.25. The normalized spacial score (nSPS) is 11.1. The van der Waals surface area contributed by atoms with Gasteiger partial charge in [-0.05, 0) is 12.1 Å².